The zero-order valence-electron chi connectivity index (χ0n) is 21.0. The number of hydrogen-bond acceptors (Lipinski definition) is 3. The normalized spacial score (nSPS) is 15.6. The molecular weight excluding hydrogens is 454 g/mol. The van der Waals surface area contributed by atoms with E-state index in [4.69, 9.17) is 0 Å². The monoisotopic (exact) mass is 479 g/mol. The molecule has 5 aromatic rings. The van der Waals surface area contributed by atoms with E-state index in [2.05, 4.69) is 86.5 Å². The molecule has 0 atom stereocenters. The molecule has 5 aromatic carbocycles. The summed E-state index contributed by atoms with van der Waals surface area (Å²) in [6.07, 6.45) is 1.77. The van der Waals surface area contributed by atoms with Gasteiger partial charge in [-0.3, -0.25) is 9.59 Å². The lowest BCUT2D eigenvalue weighted by atomic mass is 9.73. The van der Waals surface area contributed by atoms with E-state index in [-0.39, 0.29) is 22.6 Å². The van der Waals surface area contributed by atoms with Crippen molar-refractivity contribution in [2.24, 2.45) is 0 Å². The molecule has 3 heteroatoms. The summed E-state index contributed by atoms with van der Waals surface area (Å²) in [6, 6.07) is 30.7. The number of allylic oxidation sites excluding steroid dienone is 1. The molecular formula is C34H25NO2. The molecule has 1 aliphatic carbocycles. The first-order valence-electron chi connectivity index (χ1n) is 12.6. The van der Waals surface area contributed by atoms with E-state index in [1.807, 2.05) is 30.3 Å². The third-order valence-electron chi connectivity index (χ3n) is 8.12. The average Bonchev–Trinajstić information content (AvgIpc) is 3.13. The molecule has 0 radical (unpaired) electrons. The zero-order valence-corrected chi connectivity index (χ0v) is 21.0. The van der Waals surface area contributed by atoms with Crippen LogP contribution in [-0.2, 0) is 5.41 Å². The van der Waals surface area contributed by atoms with Gasteiger partial charge in [0.1, 0.15) is 0 Å². The molecule has 178 valence electrons. The Balaban J connectivity index is 1.33. The van der Waals surface area contributed by atoms with E-state index in [1.165, 1.54) is 16.8 Å². The van der Waals surface area contributed by atoms with Crippen LogP contribution in [0.3, 0.4) is 0 Å². The highest BCUT2D eigenvalue weighted by Crippen LogP contribution is 2.48. The van der Waals surface area contributed by atoms with Crippen LogP contribution in [0.15, 0.2) is 96.6 Å². The molecule has 2 aliphatic rings. The van der Waals surface area contributed by atoms with Crippen LogP contribution in [0.25, 0.3) is 27.6 Å². The Morgan fingerprint density at radius 1 is 0.622 bits per heavy atom. The Bertz CT molecular complexity index is 1780. The average molecular weight is 480 g/mol. The van der Waals surface area contributed by atoms with Crippen LogP contribution in [0.4, 0.5) is 11.4 Å². The fraction of sp³-hybridized carbons (Fsp3) is 0.118. The Morgan fingerprint density at radius 2 is 1.19 bits per heavy atom. The lowest BCUT2D eigenvalue weighted by Gasteiger charge is -2.40. The van der Waals surface area contributed by atoms with Crippen LogP contribution in [0.1, 0.15) is 51.3 Å². The summed E-state index contributed by atoms with van der Waals surface area (Å²) in [4.78, 5) is 29.1. The van der Waals surface area contributed by atoms with Gasteiger partial charge in [-0.1, -0.05) is 62.4 Å². The lowest BCUT2D eigenvalue weighted by Crippen LogP contribution is -2.30. The summed E-state index contributed by atoms with van der Waals surface area (Å²) < 4.78 is 0. The summed E-state index contributed by atoms with van der Waals surface area (Å²) in [5.41, 5.74) is 6.64. The molecule has 37 heavy (non-hydrogen) atoms. The highest BCUT2D eigenvalue weighted by Gasteiger charge is 2.36. The second-order valence-electron chi connectivity index (χ2n) is 10.6. The second kappa shape index (κ2) is 7.50. The first kappa shape index (κ1) is 21.8. The first-order chi connectivity index (χ1) is 17.8. The Labute approximate surface area is 215 Å². The third-order valence-corrected chi connectivity index (χ3v) is 8.12. The summed E-state index contributed by atoms with van der Waals surface area (Å²) in [5, 5.41) is 4.17. The van der Waals surface area contributed by atoms with Gasteiger partial charge in [-0.15, -0.1) is 0 Å². The number of Topliss-reactive ketones (excluding diaryl/α,β-unsaturated/α-hetero) is 2. The molecule has 0 saturated carbocycles. The minimum absolute atomic E-state index is 0.200. The fourth-order valence-corrected chi connectivity index (χ4v) is 6.06. The standard InChI is InChI=1S/C34H25NO2/c1-34(2)28-10-6-7-11-30(28)35(3)31-13-12-20(15-29(31)34)14-27-32(36)25-18-23-16-21-8-4-5-9-22(21)17-24(23)19-26(25)33(27)37/h4-19H,1-3H3. The van der Waals surface area contributed by atoms with Crippen molar-refractivity contribution in [3.05, 3.63) is 124 Å². The van der Waals surface area contributed by atoms with Crippen LogP contribution in [-0.4, -0.2) is 18.6 Å². The van der Waals surface area contributed by atoms with E-state index in [9.17, 15) is 9.59 Å². The molecule has 0 unspecified atom stereocenters. The largest absolute Gasteiger partial charge is 0.344 e. The number of fused-ring (bicyclic) bond motifs is 5. The molecule has 3 nitrogen and oxygen atoms in total. The number of rotatable bonds is 1. The Morgan fingerprint density at radius 3 is 1.84 bits per heavy atom. The smallest absolute Gasteiger partial charge is 0.197 e. The van der Waals surface area contributed by atoms with Gasteiger partial charge in [-0.25, -0.2) is 0 Å². The van der Waals surface area contributed by atoms with E-state index in [1.54, 1.807) is 6.08 Å². The molecule has 1 aliphatic heterocycles. The SMILES string of the molecule is CN1c2ccccc2C(C)(C)c2cc(C=C3C(=O)c4cc5cc6ccccc6cc5cc4C3=O)ccc21. The van der Waals surface area contributed by atoms with Gasteiger partial charge < -0.3 is 4.90 Å². The van der Waals surface area contributed by atoms with Gasteiger partial charge >= 0.3 is 0 Å². The Hall–Kier alpha value is -4.50. The predicted octanol–water partition coefficient (Wildman–Crippen LogP) is 7.86. The molecule has 1 heterocycles. The van der Waals surface area contributed by atoms with Crippen molar-refractivity contribution in [1.29, 1.82) is 0 Å². The van der Waals surface area contributed by atoms with Crippen molar-refractivity contribution >= 4 is 50.6 Å². The number of hydrogen-bond donors (Lipinski definition) is 0. The predicted molar refractivity (Wildman–Crippen MR) is 151 cm³/mol. The molecule has 0 bridgehead atoms. The van der Waals surface area contributed by atoms with Crippen LogP contribution in [0, 0.1) is 0 Å². The highest BCUT2D eigenvalue weighted by atomic mass is 16.2. The minimum Gasteiger partial charge on any atom is -0.344 e. The highest BCUT2D eigenvalue weighted by molar-refractivity contribution is 6.42. The zero-order chi connectivity index (χ0) is 25.5. The van der Waals surface area contributed by atoms with Crippen LogP contribution in [0.5, 0.6) is 0 Å². The number of ketones is 2. The van der Waals surface area contributed by atoms with Gasteiger partial charge in [-0.2, -0.15) is 0 Å². The molecule has 7 rings (SSSR count). The number of carbonyl (C=O) groups is 2. The van der Waals surface area contributed by atoms with Crippen LogP contribution in [0.2, 0.25) is 0 Å². The van der Waals surface area contributed by atoms with Gasteiger partial charge in [0.05, 0.1) is 5.57 Å². The van der Waals surface area contributed by atoms with E-state index < -0.39 is 0 Å². The Kier molecular flexibility index (Phi) is 4.41. The first-order valence-corrected chi connectivity index (χ1v) is 12.6. The number of anilines is 2. The van der Waals surface area contributed by atoms with Gasteiger partial charge in [0.15, 0.2) is 11.6 Å². The van der Waals surface area contributed by atoms with Crippen molar-refractivity contribution in [3.8, 4) is 0 Å². The van der Waals surface area contributed by atoms with Crippen molar-refractivity contribution in [2.75, 3.05) is 11.9 Å². The molecule has 0 amide bonds. The molecule has 0 saturated heterocycles. The van der Waals surface area contributed by atoms with Crippen molar-refractivity contribution in [1.82, 2.24) is 0 Å². The molecule has 0 aromatic heterocycles. The van der Waals surface area contributed by atoms with Crippen molar-refractivity contribution < 1.29 is 9.59 Å². The van der Waals surface area contributed by atoms with Gasteiger partial charge in [0, 0.05) is 35.0 Å². The fourth-order valence-electron chi connectivity index (χ4n) is 6.06. The van der Waals surface area contributed by atoms with Gasteiger partial charge in [0.25, 0.3) is 0 Å². The van der Waals surface area contributed by atoms with E-state index >= 15 is 0 Å². The second-order valence-corrected chi connectivity index (χ2v) is 10.6. The lowest BCUT2D eigenvalue weighted by molar-refractivity contribution is 0.0990. The number of carbonyl (C=O) groups excluding carboxylic acids is 2. The molecule has 0 N–H and O–H groups in total. The molecule has 0 spiro atoms. The summed E-state index contributed by atoms with van der Waals surface area (Å²) >= 11 is 0. The quantitative estimate of drug-likeness (QED) is 0.139. The minimum atomic E-state index is -0.209. The van der Waals surface area contributed by atoms with Crippen LogP contribution >= 0.6 is 0 Å². The van der Waals surface area contributed by atoms with Crippen molar-refractivity contribution in [3.63, 3.8) is 0 Å². The van der Waals surface area contributed by atoms with Crippen LogP contribution < -0.4 is 4.90 Å². The number of benzene rings is 5. The summed E-state index contributed by atoms with van der Waals surface area (Å²) in [7, 11) is 2.08. The maximum atomic E-state index is 13.5. The topological polar surface area (TPSA) is 37.4 Å². The maximum absolute atomic E-state index is 13.5. The third kappa shape index (κ3) is 3.07. The molecule has 0 fully saturated rings. The van der Waals surface area contributed by atoms with E-state index in [0.29, 0.717) is 11.1 Å². The van der Waals surface area contributed by atoms with Gasteiger partial charge in [-0.05, 0) is 86.8 Å². The number of para-hydroxylation sites is 1. The maximum Gasteiger partial charge on any atom is 0.197 e. The van der Waals surface area contributed by atoms with Crippen molar-refractivity contribution in [2.45, 2.75) is 19.3 Å². The summed E-state index contributed by atoms with van der Waals surface area (Å²) in [5.74, 6) is -0.399. The van der Waals surface area contributed by atoms with Gasteiger partial charge in [0.2, 0.25) is 0 Å². The van der Waals surface area contributed by atoms with E-state index in [0.717, 1.165) is 32.8 Å². The summed E-state index contributed by atoms with van der Waals surface area (Å²) in [6.45, 7) is 4.46. The number of nitrogens with zero attached hydrogens (tertiary/aromatic N) is 1.